The second-order valence-corrected chi connectivity index (χ2v) is 8.88. The van der Waals surface area contributed by atoms with Crippen LogP contribution in [-0.4, -0.2) is 51.1 Å². The Labute approximate surface area is 229 Å². The number of hydrogen-bond acceptors (Lipinski definition) is 8. The van der Waals surface area contributed by atoms with Crippen LogP contribution in [0.5, 0.6) is 5.88 Å². The first-order valence-electron chi connectivity index (χ1n) is 12.4. The minimum Gasteiger partial charge on any atom is -0.473 e. The number of esters is 1. The first-order chi connectivity index (χ1) is 19.5. The fourth-order valence-electron chi connectivity index (χ4n) is 4.24. The minimum absolute atomic E-state index is 0.0340. The number of carbonyl (C=O) groups is 1. The van der Waals surface area contributed by atoms with Gasteiger partial charge in [-0.1, -0.05) is 12.1 Å². The van der Waals surface area contributed by atoms with Crippen molar-refractivity contribution in [3.05, 3.63) is 101 Å². The lowest BCUT2D eigenvalue weighted by molar-refractivity contribution is 0.0601. The SMILES string of the molecule is COCCn1c(Cc2cnn(-c3cccc(OCc4ccc(C#N)cc4F)n3)c2)nc2ccc(C(=O)OC)cc21. The highest BCUT2D eigenvalue weighted by Crippen LogP contribution is 2.22. The fourth-order valence-corrected chi connectivity index (χ4v) is 4.24. The van der Waals surface area contributed by atoms with Gasteiger partial charge in [-0.2, -0.15) is 15.3 Å². The summed E-state index contributed by atoms with van der Waals surface area (Å²) in [6, 6.07) is 16.7. The summed E-state index contributed by atoms with van der Waals surface area (Å²) in [6.07, 6.45) is 4.08. The maximum atomic E-state index is 14.2. The summed E-state index contributed by atoms with van der Waals surface area (Å²) in [6.45, 7) is 0.999. The molecule has 11 heteroatoms. The number of pyridine rings is 1. The smallest absolute Gasteiger partial charge is 0.337 e. The van der Waals surface area contributed by atoms with Gasteiger partial charge in [0.15, 0.2) is 5.82 Å². The Morgan fingerprint density at radius 2 is 1.98 bits per heavy atom. The number of hydrogen-bond donors (Lipinski definition) is 0. The number of aromatic nitrogens is 5. The molecule has 0 bridgehead atoms. The van der Waals surface area contributed by atoms with Gasteiger partial charge in [0, 0.05) is 37.9 Å². The van der Waals surface area contributed by atoms with Gasteiger partial charge in [-0.05, 0) is 42.0 Å². The Kier molecular flexibility index (Phi) is 7.80. The largest absolute Gasteiger partial charge is 0.473 e. The standard InChI is InChI=1S/C29H25FN6O4/c1-38-11-10-35-25-14-21(29(37)39-2)8-9-24(25)33-27(35)13-20-16-32-36(17-20)26-4-3-5-28(34-26)40-18-22-7-6-19(15-31)12-23(22)30/h3-9,12,14,16-17H,10-11,13,18H2,1-2H3. The van der Waals surface area contributed by atoms with Gasteiger partial charge in [0.1, 0.15) is 18.2 Å². The normalized spacial score (nSPS) is 10.9. The average Bonchev–Trinajstić information content (AvgIpc) is 3.59. The summed E-state index contributed by atoms with van der Waals surface area (Å²) in [4.78, 5) is 21.3. The van der Waals surface area contributed by atoms with Crippen LogP contribution in [-0.2, 0) is 29.0 Å². The molecule has 0 N–H and O–H groups in total. The van der Waals surface area contributed by atoms with Crippen molar-refractivity contribution in [2.75, 3.05) is 20.8 Å². The number of fused-ring (bicyclic) bond motifs is 1. The van der Waals surface area contributed by atoms with Crippen molar-refractivity contribution >= 4 is 17.0 Å². The van der Waals surface area contributed by atoms with Crippen LogP contribution < -0.4 is 4.74 Å². The average molecular weight is 541 g/mol. The third-order valence-corrected chi connectivity index (χ3v) is 6.27. The Hall–Kier alpha value is -5.08. The molecule has 40 heavy (non-hydrogen) atoms. The molecule has 0 radical (unpaired) electrons. The van der Waals surface area contributed by atoms with Crippen LogP contribution >= 0.6 is 0 Å². The molecule has 5 rings (SSSR count). The number of nitrogens with zero attached hydrogens (tertiary/aromatic N) is 6. The maximum Gasteiger partial charge on any atom is 0.337 e. The zero-order valence-electron chi connectivity index (χ0n) is 21.9. The van der Waals surface area contributed by atoms with Crippen LogP contribution in [0.25, 0.3) is 16.9 Å². The van der Waals surface area contributed by atoms with Gasteiger partial charge in [0.05, 0.1) is 48.1 Å². The van der Waals surface area contributed by atoms with Gasteiger partial charge in [0.2, 0.25) is 5.88 Å². The van der Waals surface area contributed by atoms with Gasteiger partial charge < -0.3 is 18.8 Å². The minimum atomic E-state index is -0.509. The molecule has 3 aromatic heterocycles. The zero-order chi connectivity index (χ0) is 28.1. The van der Waals surface area contributed by atoms with Crippen LogP contribution in [0.1, 0.15) is 32.9 Å². The predicted octanol–water partition coefficient (Wildman–Crippen LogP) is 4.23. The number of methoxy groups -OCH3 is 2. The first kappa shape index (κ1) is 26.5. The van der Waals surface area contributed by atoms with E-state index < -0.39 is 11.8 Å². The van der Waals surface area contributed by atoms with Gasteiger partial charge >= 0.3 is 5.97 Å². The summed E-state index contributed by atoms with van der Waals surface area (Å²) in [7, 11) is 2.98. The molecule has 0 aliphatic heterocycles. The highest BCUT2D eigenvalue weighted by atomic mass is 19.1. The fraction of sp³-hybridized carbons (Fsp3) is 0.207. The molecule has 0 amide bonds. The zero-order valence-corrected chi connectivity index (χ0v) is 21.9. The van der Waals surface area contributed by atoms with Gasteiger partial charge in [0.25, 0.3) is 0 Å². The van der Waals surface area contributed by atoms with Crippen LogP contribution in [0.3, 0.4) is 0 Å². The van der Waals surface area contributed by atoms with E-state index >= 15 is 0 Å². The number of ether oxygens (including phenoxy) is 3. The molecule has 3 heterocycles. The Balaban J connectivity index is 1.35. The molecule has 0 spiro atoms. The molecule has 2 aromatic carbocycles. The van der Waals surface area contributed by atoms with Crippen molar-refractivity contribution in [3.63, 3.8) is 0 Å². The first-order valence-corrected chi connectivity index (χ1v) is 12.4. The van der Waals surface area contributed by atoms with Crippen LogP contribution in [0.4, 0.5) is 4.39 Å². The molecule has 0 saturated carbocycles. The van der Waals surface area contributed by atoms with E-state index in [1.165, 1.54) is 19.2 Å². The molecule has 0 fully saturated rings. The lowest BCUT2D eigenvalue weighted by Gasteiger charge is -2.09. The molecule has 5 aromatic rings. The van der Waals surface area contributed by atoms with Crippen molar-refractivity contribution in [1.82, 2.24) is 24.3 Å². The number of benzene rings is 2. The molecule has 0 saturated heterocycles. The van der Waals surface area contributed by atoms with Crippen molar-refractivity contribution in [2.24, 2.45) is 0 Å². The lowest BCUT2D eigenvalue weighted by Crippen LogP contribution is -2.09. The topological polar surface area (TPSA) is 117 Å². The Morgan fingerprint density at radius 3 is 2.75 bits per heavy atom. The highest BCUT2D eigenvalue weighted by molar-refractivity contribution is 5.93. The van der Waals surface area contributed by atoms with E-state index in [1.54, 1.807) is 60.5 Å². The molecule has 0 atom stereocenters. The number of nitriles is 1. The number of rotatable bonds is 10. The quantitative estimate of drug-likeness (QED) is 0.242. The third-order valence-electron chi connectivity index (χ3n) is 6.27. The molecular formula is C29H25FN6O4. The Morgan fingerprint density at radius 1 is 1.10 bits per heavy atom. The van der Waals surface area contributed by atoms with E-state index in [0.717, 1.165) is 22.4 Å². The van der Waals surface area contributed by atoms with Crippen molar-refractivity contribution < 1.29 is 23.4 Å². The van der Waals surface area contributed by atoms with E-state index in [1.807, 2.05) is 16.8 Å². The summed E-state index contributed by atoms with van der Waals surface area (Å²) < 4.78 is 33.7. The summed E-state index contributed by atoms with van der Waals surface area (Å²) in [5.41, 5.74) is 3.49. The number of imidazole rings is 1. The van der Waals surface area contributed by atoms with Gasteiger partial charge in [-0.25, -0.2) is 18.9 Å². The molecular weight excluding hydrogens is 515 g/mol. The van der Waals surface area contributed by atoms with Crippen molar-refractivity contribution in [3.8, 4) is 17.8 Å². The molecule has 0 unspecified atom stereocenters. The van der Waals surface area contributed by atoms with E-state index in [0.29, 0.717) is 42.4 Å². The van der Waals surface area contributed by atoms with E-state index in [9.17, 15) is 9.18 Å². The monoisotopic (exact) mass is 540 g/mol. The summed E-state index contributed by atoms with van der Waals surface area (Å²) >= 11 is 0. The molecule has 0 aliphatic rings. The van der Waals surface area contributed by atoms with Gasteiger partial charge in [-0.15, -0.1) is 0 Å². The van der Waals surface area contributed by atoms with E-state index in [2.05, 4.69) is 10.1 Å². The second-order valence-electron chi connectivity index (χ2n) is 8.88. The summed E-state index contributed by atoms with van der Waals surface area (Å²) in [5.74, 6) is 0.707. The third kappa shape index (κ3) is 5.67. The lowest BCUT2D eigenvalue weighted by atomic mass is 10.1. The van der Waals surface area contributed by atoms with Gasteiger partial charge in [-0.3, -0.25) is 0 Å². The van der Waals surface area contributed by atoms with E-state index in [-0.39, 0.29) is 12.2 Å². The van der Waals surface area contributed by atoms with Crippen LogP contribution in [0, 0.1) is 17.1 Å². The van der Waals surface area contributed by atoms with Crippen LogP contribution in [0.2, 0.25) is 0 Å². The highest BCUT2D eigenvalue weighted by Gasteiger charge is 2.16. The van der Waals surface area contributed by atoms with Crippen molar-refractivity contribution in [2.45, 2.75) is 19.6 Å². The Bertz CT molecular complexity index is 1720. The predicted molar refractivity (Wildman–Crippen MR) is 143 cm³/mol. The number of carbonyl (C=O) groups excluding carboxylic acids is 1. The summed E-state index contributed by atoms with van der Waals surface area (Å²) in [5, 5.41) is 13.4. The molecule has 0 aliphatic carbocycles. The molecule has 10 nitrogen and oxygen atoms in total. The van der Waals surface area contributed by atoms with E-state index in [4.69, 9.17) is 24.5 Å². The second kappa shape index (κ2) is 11.8. The van der Waals surface area contributed by atoms with Crippen LogP contribution in [0.15, 0.2) is 67.0 Å². The van der Waals surface area contributed by atoms with Crippen molar-refractivity contribution in [1.29, 1.82) is 5.26 Å². The maximum absolute atomic E-state index is 14.2. The number of halogens is 1. The molecule has 202 valence electrons.